The molecule has 0 amide bonds. The Balaban J connectivity index is 2.24. The van der Waals surface area contributed by atoms with Crippen LogP contribution in [0.15, 0.2) is 30.5 Å². The van der Waals surface area contributed by atoms with Crippen molar-refractivity contribution in [2.24, 2.45) is 0 Å². The molecule has 0 saturated heterocycles. The summed E-state index contributed by atoms with van der Waals surface area (Å²) in [5, 5.41) is 0.822. The molecule has 94 valence electrons. The predicted molar refractivity (Wildman–Crippen MR) is 75.0 cm³/mol. The van der Waals surface area contributed by atoms with Gasteiger partial charge >= 0.3 is 0 Å². The Morgan fingerprint density at radius 2 is 2.06 bits per heavy atom. The molecule has 2 aromatic rings. The fourth-order valence-corrected chi connectivity index (χ4v) is 2.05. The standard InChI is InChI=1S/C12H12Cl2N4/c1-18(7-8-4-2-3-5-16-8)12-10(14)6-9(13)11(15)17-12/h2-6H,7H2,1H3,(H2,15,17). The van der Waals surface area contributed by atoms with Crippen LogP contribution in [0.4, 0.5) is 11.6 Å². The van der Waals surface area contributed by atoms with E-state index in [1.54, 1.807) is 12.3 Å². The lowest BCUT2D eigenvalue weighted by atomic mass is 10.3. The first-order valence-electron chi connectivity index (χ1n) is 5.30. The molecule has 0 bridgehead atoms. The smallest absolute Gasteiger partial charge is 0.150 e. The molecule has 0 aliphatic heterocycles. The number of nitrogens with zero attached hydrogens (tertiary/aromatic N) is 3. The number of rotatable bonds is 3. The molecule has 18 heavy (non-hydrogen) atoms. The maximum absolute atomic E-state index is 6.10. The van der Waals surface area contributed by atoms with Crippen LogP contribution in [-0.2, 0) is 6.54 Å². The predicted octanol–water partition coefficient (Wildman–Crippen LogP) is 3.00. The van der Waals surface area contributed by atoms with E-state index >= 15 is 0 Å². The summed E-state index contributed by atoms with van der Waals surface area (Å²) in [6.07, 6.45) is 1.74. The van der Waals surface area contributed by atoms with Crippen molar-refractivity contribution < 1.29 is 0 Å². The third-order valence-electron chi connectivity index (χ3n) is 2.42. The van der Waals surface area contributed by atoms with Gasteiger partial charge in [-0.25, -0.2) is 4.98 Å². The van der Waals surface area contributed by atoms with Crippen LogP contribution in [0.3, 0.4) is 0 Å². The Labute approximate surface area is 115 Å². The van der Waals surface area contributed by atoms with E-state index in [4.69, 9.17) is 28.9 Å². The van der Waals surface area contributed by atoms with Gasteiger partial charge in [0.1, 0.15) is 11.6 Å². The minimum Gasteiger partial charge on any atom is -0.382 e. The Morgan fingerprint density at radius 1 is 1.28 bits per heavy atom. The number of hydrogen-bond donors (Lipinski definition) is 1. The highest BCUT2D eigenvalue weighted by atomic mass is 35.5. The van der Waals surface area contributed by atoms with E-state index in [1.165, 1.54) is 0 Å². The molecule has 2 heterocycles. The zero-order valence-electron chi connectivity index (χ0n) is 9.77. The van der Waals surface area contributed by atoms with E-state index in [-0.39, 0.29) is 5.82 Å². The third kappa shape index (κ3) is 2.83. The first kappa shape index (κ1) is 12.9. The lowest BCUT2D eigenvalue weighted by Gasteiger charge is -2.19. The van der Waals surface area contributed by atoms with Crippen LogP contribution in [0.25, 0.3) is 0 Å². The van der Waals surface area contributed by atoms with E-state index in [0.717, 1.165) is 5.69 Å². The van der Waals surface area contributed by atoms with Gasteiger partial charge in [-0.15, -0.1) is 0 Å². The molecular formula is C12H12Cl2N4. The number of halogens is 2. The lowest BCUT2D eigenvalue weighted by molar-refractivity contribution is 0.867. The molecule has 0 atom stereocenters. The molecule has 0 unspecified atom stereocenters. The van der Waals surface area contributed by atoms with E-state index in [9.17, 15) is 0 Å². The second kappa shape index (κ2) is 5.42. The van der Waals surface area contributed by atoms with Crippen molar-refractivity contribution in [1.29, 1.82) is 0 Å². The molecular weight excluding hydrogens is 271 g/mol. The summed E-state index contributed by atoms with van der Waals surface area (Å²) in [5.41, 5.74) is 6.60. The van der Waals surface area contributed by atoms with Gasteiger partial charge in [-0.2, -0.15) is 0 Å². The van der Waals surface area contributed by atoms with Crippen molar-refractivity contribution >= 4 is 34.8 Å². The molecule has 0 aliphatic carbocycles. The molecule has 4 nitrogen and oxygen atoms in total. The van der Waals surface area contributed by atoms with E-state index in [0.29, 0.717) is 22.4 Å². The fourth-order valence-electron chi connectivity index (χ4n) is 1.55. The van der Waals surface area contributed by atoms with Crippen LogP contribution in [0.5, 0.6) is 0 Å². The van der Waals surface area contributed by atoms with Gasteiger partial charge in [-0.3, -0.25) is 4.98 Å². The van der Waals surface area contributed by atoms with Crippen molar-refractivity contribution in [2.45, 2.75) is 6.54 Å². The fraction of sp³-hybridized carbons (Fsp3) is 0.167. The number of pyridine rings is 2. The van der Waals surface area contributed by atoms with Gasteiger partial charge in [0.15, 0.2) is 0 Å². The maximum atomic E-state index is 6.10. The van der Waals surface area contributed by atoms with Crippen LogP contribution in [0, 0.1) is 0 Å². The van der Waals surface area contributed by atoms with E-state index in [1.807, 2.05) is 30.1 Å². The van der Waals surface area contributed by atoms with Gasteiger partial charge < -0.3 is 10.6 Å². The van der Waals surface area contributed by atoms with Crippen molar-refractivity contribution in [3.63, 3.8) is 0 Å². The molecule has 0 aromatic carbocycles. The molecule has 0 saturated carbocycles. The van der Waals surface area contributed by atoms with Crippen molar-refractivity contribution in [3.8, 4) is 0 Å². The summed E-state index contributed by atoms with van der Waals surface area (Å²) in [6, 6.07) is 7.33. The number of nitrogens with two attached hydrogens (primary N) is 1. The second-order valence-electron chi connectivity index (χ2n) is 3.84. The minimum absolute atomic E-state index is 0.268. The van der Waals surface area contributed by atoms with E-state index in [2.05, 4.69) is 9.97 Å². The first-order chi connectivity index (χ1) is 8.58. The maximum Gasteiger partial charge on any atom is 0.150 e. The lowest BCUT2D eigenvalue weighted by Crippen LogP contribution is -2.19. The molecule has 2 rings (SSSR count). The Hall–Kier alpha value is -1.52. The monoisotopic (exact) mass is 282 g/mol. The summed E-state index contributed by atoms with van der Waals surface area (Å²) < 4.78 is 0. The summed E-state index contributed by atoms with van der Waals surface area (Å²) in [4.78, 5) is 10.3. The normalized spacial score (nSPS) is 10.4. The van der Waals surface area contributed by atoms with Gasteiger partial charge in [-0.05, 0) is 18.2 Å². The Bertz CT molecular complexity index is 545. The van der Waals surface area contributed by atoms with Crippen LogP contribution >= 0.6 is 23.2 Å². The van der Waals surface area contributed by atoms with Crippen molar-refractivity contribution in [3.05, 3.63) is 46.2 Å². The Kier molecular flexibility index (Phi) is 3.89. The summed E-state index contributed by atoms with van der Waals surface area (Å²) in [7, 11) is 1.87. The molecule has 0 radical (unpaired) electrons. The molecule has 0 spiro atoms. The largest absolute Gasteiger partial charge is 0.382 e. The van der Waals surface area contributed by atoms with Crippen LogP contribution < -0.4 is 10.6 Å². The Morgan fingerprint density at radius 3 is 2.72 bits per heavy atom. The van der Waals surface area contributed by atoms with Crippen LogP contribution in [0.1, 0.15) is 5.69 Å². The van der Waals surface area contributed by atoms with E-state index < -0.39 is 0 Å². The number of hydrogen-bond acceptors (Lipinski definition) is 4. The van der Waals surface area contributed by atoms with Gasteiger partial charge in [0, 0.05) is 13.2 Å². The van der Waals surface area contributed by atoms with Crippen LogP contribution in [0.2, 0.25) is 10.0 Å². The highest BCUT2D eigenvalue weighted by molar-refractivity contribution is 6.37. The molecule has 2 aromatic heterocycles. The minimum atomic E-state index is 0.268. The highest BCUT2D eigenvalue weighted by Gasteiger charge is 2.12. The molecule has 2 N–H and O–H groups in total. The topological polar surface area (TPSA) is 55.0 Å². The zero-order chi connectivity index (χ0) is 13.1. The quantitative estimate of drug-likeness (QED) is 0.940. The van der Waals surface area contributed by atoms with Crippen molar-refractivity contribution in [2.75, 3.05) is 17.7 Å². The van der Waals surface area contributed by atoms with Gasteiger partial charge in [0.25, 0.3) is 0 Å². The molecule has 0 aliphatic rings. The summed E-state index contributed by atoms with van der Waals surface area (Å²) in [5.74, 6) is 0.855. The van der Waals surface area contributed by atoms with Gasteiger partial charge in [0.2, 0.25) is 0 Å². The van der Waals surface area contributed by atoms with Gasteiger partial charge in [0.05, 0.1) is 22.3 Å². The molecule has 0 fully saturated rings. The summed E-state index contributed by atoms with van der Waals surface area (Å²) in [6.45, 7) is 0.592. The zero-order valence-corrected chi connectivity index (χ0v) is 11.3. The summed E-state index contributed by atoms with van der Waals surface area (Å²) >= 11 is 11.9. The number of nitrogen functional groups attached to an aromatic ring is 1. The first-order valence-corrected chi connectivity index (χ1v) is 6.06. The third-order valence-corrected chi connectivity index (χ3v) is 3.01. The number of anilines is 2. The van der Waals surface area contributed by atoms with Crippen molar-refractivity contribution in [1.82, 2.24) is 9.97 Å². The van der Waals surface area contributed by atoms with Gasteiger partial charge in [-0.1, -0.05) is 29.3 Å². The highest BCUT2D eigenvalue weighted by Crippen LogP contribution is 2.29. The van der Waals surface area contributed by atoms with Crippen LogP contribution in [-0.4, -0.2) is 17.0 Å². The average Bonchev–Trinajstić information content (AvgIpc) is 2.35. The average molecular weight is 283 g/mol. The number of aromatic nitrogens is 2. The molecule has 6 heteroatoms. The SMILES string of the molecule is CN(Cc1ccccn1)c1nc(N)c(Cl)cc1Cl. The second-order valence-corrected chi connectivity index (χ2v) is 4.65.